The Morgan fingerprint density at radius 1 is 1.30 bits per heavy atom. The Morgan fingerprint density at radius 2 is 2.00 bits per heavy atom. The van der Waals surface area contributed by atoms with E-state index in [0.717, 1.165) is 37.0 Å². The second kappa shape index (κ2) is 7.29. The fourth-order valence-corrected chi connectivity index (χ4v) is 3.73. The summed E-state index contributed by atoms with van der Waals surface area (Å²) in [6.45, 7) is 3.75. The van der Waals surface area contributed by atoms with E-state index >= 15 is 0 Å². The van der Waals surface area contributed by atoms with Crippen LogP contribution in [0, 0.1) is 17.2 Å². The molecule has 1 aromatic carbocycles. The molecule has 142 valence electrons. The first-order valence-corrected chi connectivity index (χ1v) is 8.99. The lowest BCUT2D eigenvalue weighted by molar-refractivity contribution is -0.124. The molecule has 2 aliphatic rings. The fourth-order valence-electron chi connectivity index (χ4n) is 3.73. The van der Waals surface area contributed by atoms with Gasteiger partial charge in [0.2, 0.25) is 5.91 Å². The van der Waals surface area contributed by atoms with Gasteiger partial charge in [-0.1, -0.05) is 6.92 Å². The second-order valence-electron chi connectivity index (χ2n) is 7.57. The van der Waals surface area contributed by atoms with E-state index in [9.17, 15) is 10.1 Å². The molecule has 1 aromatic heterocycles. The molecule has 2 atom stereocenters. The number of piperidine rings is 1. The van der Waals surface area contributed by atoms with Gasteiger partial charge in [0.25, 0.3) is 0 Å². The van der Waals surface area contributed by atoms with Crippen molar-refractivity contribution < 1.29 is 4.79 Å². The van der Waals surface area contributed by atoms with Crippen LogP contribution in [0.1, 0.15) is 31.7 Å². The number of hydrogen-bond donors (Lipinski definition) is 2. The third kappa shape index (κ3) is 3.68. The number of nitrogens with zero attached hydrogens (tertiary/aromatic N) is 4. The van der Waals surface area contributed by atoms with Gasteiger partial charge in [-0.15, -0.1) is 12.4 Å². The summed E-state index contributed by atoms with van der Waals surface area (Å²) >= 11 is 0. The summed E-state index contributed by atoms with van der Waals surface area (Å²) < 4.78 is 0. The van der Waals surface area contributed by atoms with Crippen LogP contribution in [0.25, 0.3) is 11.0 Å². The van der Waals surface area contributed by atoms with Crippen LogP contribution in [0.5, 0.6) is 0 Å². The molecule has 4 rings (SSSR count). The number of carbonyl (C=O) groups excluding carboxylic acids is 1. The highest BCUT2D eigenvalue weighted by molar-refractivity contribution is 5.92. The molecular formula is C19H23ClN6O. The first-order valence-electron chi connectivity index (χ1n) is 8.99. The number of carbonyl (C=O) groups is 1. The number of fused-ring (bicyclic) bond motifs is 1. The zero-order chi connectivity index (χ0) is 18.3. The largest absolute Gasteiger partial charge is 0.367 e. The SMILES string of the molecule is C[C@H]1C[C@@H](NC(=O)C2(N)CC2)CN(c2ccc(C#N)c3nccnc23)C1.Cl. The molecule has 0 radical (unpaired) electrons. The van der Waals surface area contributed by atoms with Crippen molar-refractivity contribution in [2.24, 2.45) is 11.7 Å². The molecule has 0 bridgehead atoms. The summed E-state index contributed by atoms with van der Waals surface area (Å²) in [6, 6.07) is 5.94. The molecular weight excluding hydrogens is 364 g/mol. The predicted octanol–water partition coefficient (Wildman–Crippen LogP) is 1.75. The van der Waals surface area contributed by atoms with Crippen molar-refractivity contribution >= 4 is 35.0 Å². The van der Waals surface area contributed by atoms with E-state index < -0.39 is 5.54 Å². The standard InChI is InChI=1S/C19H22N6O.ClH/c1-12-8-14(24-18(26)19(21)4-5-19)11-25(10-12)15-3-2-13(9-20)16-17(15)23-7-6-22-16;/h2-3,6-7,12,14H,4-5,8,10-11,21H2,1H3,(H,24,26);1H/t12-,14+;/m0./s1. The first-order chi connectivity index (χ1) is 12.5. The lowest BCUT2D eigenvalue weighted by atomic mass is 9.94. The van der Waals surface area contributed by atoms with Gasteiger partial charge in [-0.25, -0.2) is 0 Å². The highest BCUT2D eigenvalue weighted by Gasteiger charge is 2.46. The molecule has 1 saturated heterocycles. The summed E-state index contributed by atoms with van der Waals surface area (Å²) in [4.78, 5) is 23.4. The van der Waals surface area contributed by atoms with E-state index in [2.05, 4.69) is 33.2 Å². The third-order valence-corrected chi connectivity index (χ3v) is 5.30. The Balaban J connectivity index is 0.00000210. The molecule has 8 heteroatoms. The van der Waals surface area contributed by atoms with Gasteiger partial charge >= 0.3 is 0 Å². The number of rotatable bonds is 3. The molecule has 1 aliphatic heterocycles. The number of amides is 1. The van der Waals surface area contributed by atoms with Crippen molar-refractivity contribution in [3.05, 3.63) is 30.1 Å². The van der Waals surface area contributed by atoms with E-state index in [1.54, 1.807) is 18.5 Å². The van der Waals surface area contributed by atoms with Crippen LogP contribution in [0.2, 0.25) is 0 Å². The molecule has 0 spiro atoms. The van der Waals surface area contributed by atoms with Crippen molar-refractivity contribution in [3.63, 3.8) is 0 Å². The van der Waals surface area contributed by atoms with Gasteiger partial charge < -0.3 is 16.0 Å². The molecule has 0 unspecified atom stereocenters. The van der Waals surface area contributed by atoms with Crippen LogP contribution in [-0.4, -0.2) is 40.5 Å². The molecule has 1 amide bonds. The second-order valence-corrected chi connectivity index (χ2v) is 7.57. The molecule has 1 aliphatic carbocycles. The van der Waals surface area contributed by atoms with E-state index in [1.165, 1.54) is 0 Å². The summed E-state index contributed by atoms with van der Waals surface area (Å²) in [6.07, 6.45) is 5.70. The number of benzene rings is 1. The van der Waals surface area contributed by atoms with E-state index in [4.69, 9.17) is 5.73 Å². The van der Waals surface area contributed by atoms with Crippen LogP contribution < -0.4 is 16.0 Å². The maximum Gasteiger partial charge on any atom is 0.240 e. The maximum absolute atomic E-state index is 12.3. The Labute approximate surface area is 164 Å². The summed E-state index contributed by atoms with van der Waals surface area (Å²) in [5.74, 6) is 0.380. The Bertz CT molecular complexity index is 907. The Hall–Kier alpha value is -2.43. The van der Waals surface area contributed by atoms with Crippen LogP contribution in [0.15, 0.2) is 24.5 Å². The van der Waals surface area contributed by atoms with E-state index in [-0.39, 0.29) is 24.4 Å². The first kappa shape index (κ1) is 19.3. The van der Waals surface area contributed by atoms with Crippen molar-refractivity contribution in [2.45, 2.75) is 37.8 Å². The lowest BCUT2D eigenvalue weighted by Crippen LogP contribution is -2.54. The van der Waals surface area contributed by atoms with Gasteiger partial charge in [-0.2, -0.15) is 5.26 Å². The monoisotopic (exact) mass is 386 g/mol. The predicted molar refractivity (Wildman–Crippen MR) is 106 cm³/mol. The molecule has 3 N–H and O–H groups in total. The number of halogens is 1. The normalized spacial score (nSPS) is 23.2. The quantitative estimate of drug-likeness (QED) is 0.831. The van der Waals surface area contributed by atoms with Crippen molar-refractivity contribution in [2.75, 3.05) is 18.0 Å². The Morgan fingerprint density at radius 3 is 2.67 bits per heavy atom. The van der Waals surface area contributed by atoms with Gasteiger partial charge in [0.05, 0.1) is 16.8 Å². The van der Waals surface area contributed by atoms with E-state index in [0.29, 0.717) is 23.5 Å². The van der Waals surface area contributed by atoms with Gasteiger partial charge in [0.15, 0.2) is 0 Å². The topological polar surface area (TPSA) is 108 Å². The van der Waals surface area contributed by atoms with Gasteiger partial charge in [0, 0.05) is 31.5 Å². The van der Waals surface area contributed by atoms with E-state index in [1.807, 2.05) is 6.07 Å². The van der Waals surface area contributed by atoms with Crippen molar-refractivity contribution in [1.82, 2.24) is 15.3 Å². The molecule has 1 saturated carbocycles. The average molecular weight is 387 g/mol. The van der Waals surface area contributed by atoms with Gasteiger partial charge in [0.1, 0.15) is 17.1 Å². The highest BCUT2D eigenvalue weighted by Crippen LogP contribution is 2.33. The number of aromatic nitrogens is 2. The lowest BCUT2D eigenvalue weighted by Gasteiger charge is -2.38. The van der Waals surface area contributed by atoms with Crippen LogP contribution in [-0.2, 0) is 4.79 Å². The zero-order valence-electron chi connectivity index (χ0n) is 15.2. The minimum absolute atomic E-state index is 0. The number of nitriles is 1. The molecule has 2 aromatic rings. The third-order valence-electron chi connectivity index (χ3n) is 5.30. The van der Waals surface area contributed by atoms with Crippen LogP contribution in [0.3, 0.4) is 0 Å². The van der Waals surface area contributed by atoms with Crippen molar-refractivity contribution in [3.8, 4) is 6.07 Å². The number of hydrogen-bond acceptors (Lipinski definition) is 6. The van der Waals surface area contributed by atoms with Gasteiger partial charge in [-0.05, 0) is 37.3 Å². The number of nitrogens with two attached hydrogens (primary N) is 1. The van der Waals surface area contributed by atoms with Crippen LogP contribution in [0.4, 0.5) is 5.69 Å². The molecule has 2 heterocycles. The van der Waals surface area contributed by atoms with Crippen LogP contribution >= 0.6 is 12.4 Å². The van der Waals surface area contributed by atoms with Gasteiger partial charge in [-0.3, -0.25) is 14.8 Å². The molecule has 2 fully saturated rings. The van der Waals surface area contributed by atoms with Crippen molar-refractivity contribution in [1.29, 1.82) is 5.26 Å². The fraction of sp³-hybridized carbons (Fsp3) is 0.474. The molecule has 27 heavy (non-hydrogen) atoms. The minimum Gasteiger partial charge on any atom is -0.367 e. The summed E-state index contributed by atoms with van der Waals surface area (Å²) in [5, 5.41) is 12.4. The maximum atomic E-state index is 12.3. The Kier molecular flexibility index (Phi) is 5.22. The number of nitrogens with one attached hydrogen (secondary N) is 1. The highest BCUT2D eigenvalue weighted by atomic mass is 35.5. The summed E-state index contributed by atoms with van der Waals surface area (Å²) in [7, 11) is 0. The smallest absolute Gasteiger partial charge is 0.240 e. The zero-order valence-corrected chi connectivity index (χ0v) is 16.0. The summed E-state index contributed by atoms with van der Waals surface area (Å²) in [5.41, 5.74) is 8.18. The molecule has 7 nitrogen and oxygen atoms in total. The average Bonchev–Trinajstić information content (AvgIpc) is 3.39. The minimum atomic E-state index is -0.655. The number of anilines is 1.